The summed E-state index contributed by atoms with van der Waals surface area (Å²) in [4.78, 5) is 0. The van der Waals surface area contributed by atoms with Crippen molar-refractivity contribution >= 4 is 23.2 Å². The number of hydrogen-bond donors (Lipinski definition) is 1. The van der Waals surface area contributed by atoms with Crippen LogP contribution in [0.2, 0.25) is 10.0 Å². The fourth-order valence-electron chi connectivity index (χ4n) is 1.85. The van der Waals surface area contributed by atoms with Gasteiger partial charge in [-0.2, -0.15) is 0 Å². The zero-order valence-electron chi connectivity index (χ0n) is 10.5. The van der Waals surface area contributed by atoms with E-state index in [9.17, 15) is 5.11 Å². The number of ether oxygens (including phenoxy) is 1. The molecule has 0 bridgehead atoms. The van der Waals surface area contributed by atoms with E-state index in [1.54, 1.807) is 6.07 Å². The van der Waals surface area contributed by atoms with Gasteiger partial charge < -0.3 is 9.84 Å². The molecule has 0 saturated carbocycles. The van der Waals surface area contributed by atoms with Crippen LogP contribution in [0, 0.1) is 6.92 Å². The van der Waals surface area contributed by atoms with Crippen molar-refractivity contribution in [2.24, 2.45) is 0 Å². The van der Waals surface area contributed by atoms with E-state index in [1.165, 1.54) is 0 Å². The molecule has 0 fully saturated rings. The van der Waals surface area contributed by atoms with Gasteiger partial charge in [0.1, 0.15) is 12.4 Å². The van der Waals surface area contributed by atoms with Gasteiger partial charge in [0, 0.05) is 11.1 Å². The number of aliphatic hydroxyl groups excluding tert-OH is 1. The molecule has 0 aliphatic carbocycles. The summed E-state index contributed by atoms with van der Waals surface area (Å²) in [6, 6.07) is 11.1. The quantitative estimate of drug-likeness (QED) is 0.908. The Kier molecular flexibility index (Phi) is 4.70. The van der Waals surface area contributed by atoms with Gasteiger partial charge in [-0.3, -0.25) is 0 Å². The third-order valence-corrected chi connectivity index (χ3v) is 3.73. The Labute approximate surface area is 122 Å². The van der Waals surface area contributed by atoms with Crippen molar-refractivity contribution in [3.63, 3.8) is 0 Å². The van der Waals surface area contributed by atoms with Gasteiger partial charge in [-0.1, -0.05) is 53.5 Å². The highest BCUT2D eigenvalue weighted by molar-refractivity contribution is 6.42. The summed E-state index contributed by atoms with van der Waals surface area (Å²) in [6.07, 6.45) is 0. The highest BCUT2D eigenvalue weighted by Gasteiger charge is 2.09. The van der Waals surface area contributed by atoms with Crippen LogP contribution in [-0.4, -0.2) is 5.11 Å². The molecule has 100 valence electrons. The van der Waals surface area contributed by atoms with Crippen molar-refractivity contribution in [1.29, 1.82) is 0 Å². The normalized spacial score (nSPS) is 10.5. The van der Waals surface area contributed by atoms with E-state index in [0.29, 0.717) is 22.4 Å². The molecule has 19 heavy (non-hydrogen) atoms. The van der Waals surface area contributed by atoms with E-state index in [1.807, 2.05) is 37.3 Å². The summed E-state index contributed by atoms with van der Waals surface area (Å²) in [6.45, 7) is 2.20. The average Bonchev–Trinajstić information content (AvgIpc) is 2.41. The van der Waals surface area contributed by atoms with Crippen molar-refractivity contribution in [2.75, 3.05) is 0 Å². The molecule has 0 saturated heterocycles. The zero-order valence-corrected chi connectivity index (χ0v) is 12.0. The number of para-hydroxylation sites is 1. The van der Waals surface area contributed by atoms with Crippen LogP contribution in [0.25, 0.3) is 0 Å². The lowest BCUT2D eigenvalue weighted by atomic mass is 10.1. The maximum Gasteiger partial charge on any atom is 0.128 e. The predicted octanol–water partition coefficient (Wildman–Crippen LogP) is 4.37. The molecule has 0 unspecified atom stereocenters. The minimum Gasteiger partial charge on any atom is -0.488 e. The molecule has 0 amide bonds. The summed E-state index contributed by atoms with van der Waals surface area (Å²) >= 11 is 12.1. The SMILES string of the molecule is Cc1cccc(CO)c1OCc1cccc(Cl)c1Cl. The maximum atomic E-state index is 9.31. The standard InChI is InChI=1S/C15H14Cl2O2/c1-10-4-2-5-11(8-18)15(10)19-9-12-6-3-7-13(16)14(12)17/h2-7,18H,8-9H2,1H3. The van der Waals surface area contributed by atoms with Crippen LogP contribution in [0.3, 0.4) is 0 Å². The topological polar surface area (TPSA) is 29.5 Å². The fraction of sp³-hybridized carbons (Fsp3) is 0.200. The molecular weight excluding hydrogens is 283 g/mol. The second kappa shape index (κ2) is 6.29. The van der Waals surface area contributed by atoms with Crippen molar-refractivity contribution in [3.05, 3.63) is 63.1 Å². The lowest BCUT2D eigenvalue weighted by Crippen LogP contribution is -2.01. The predicted molar refractivity (Wildman–Crippen MR) is 77.9 cm³/mol. The van der Waals surface area contributed by atoms with E-state index in [0.717, 1.165) is 16.7 Å². The fourth-order valence-corrected chi connectivity index (χ4v) is 2.23. The Morgan fingerprint density at radius 2 is 1.74 bits per heavy atom. The molecule has 0 aliphatic heterocycles. The molecule has 0 radical (unpaired) electrons. The summed E-state index contributed by atoms with van der Waals surface area (Å²) in [5.74, 6) is 0.695. The Bertz CT molecular complexity index is 582. The Morgan fingerprint density at radius 1 is 1.05 bits per heavy atom. The minimum atomic E-state index is -0.0553. The Morgan fingerprint density at radius 3 is 2.47 bits per heavy atom. The van der Waals surface area contributed by atoms with Gasteiger partial charge in [0.2, 0.25) is 0 Å². The first kappa shape index (κ1) is 14.2. The van der Waals surface area contributed by atoms with Crippen LogP contribution in [0.4, 0.5) is 0 Å². The summed E-state index contributed by atoms with van der Waals surface area (Å²) in [7, 11) is 0. The third-order valence-electron chi connectivity index (χ3n) is 2.87. The first-order chi connectivity index (χ1) is 9.13. The van der Waals surface area contributed by atoms with Gasteiger partial charge in [-0.05, 0) is 18.6 Å². The van der Waals surface area contributed by atoms with Crippen molar-refractivity contribution in [1.82, 2.24) is 0 Å². The van der Waals surface area contributed by atoms with Crippen LogP contribution < -0.4 is 4.74 Å². The molecule has 0 spiro atoms. The number of hydrogen-bond acceptors (Lipinski definition) is 2. The highest BCUT2D eigenvalue weighted by Crippen LogP contribution is 2.28. The van der Waals surface area contributed by atoms with Gasteiger partial charge in [-0.15, -0.1) is 0 Å². The van der Waals surface area contributed by atoms with Gasteiger partial charge in [-0.25, -0.2) is 0 Å². The van der Waals surface area contributed by atoms with Crippen LogP contribution in [-0.2, 0) is 13.2 Å². The maximum absolute atomic E-state index is 9.31. The molecule has 2 aromatic rings. The van der Waals surface area contributed by atoms with Gasteiger partial charge in [0.25, 0.3) is 0 Å². The van der Waals surface area contributed by atoms with E-state index >= 15 is 0 Å². The second-order valence-electron chi connectivity index (χ2n) is 4.22. The van der Waals surface area contributed by atoms with Crippen LogP contribution >= 0.6 is 23.2 Å². The second-order valence-corrected chi connectivity index (χ2v) is 5.01. The number of benzene rings is 2. The lowest BCUT2D eigenvalue weighted by molar-refractivity contribution is 0.258. The minimum absolute atomic E-state index is 0.0553. The van der Waals surface area contributed by atoms with Gasteiger partial charge >= 0.3 is 0 Å². The summed E-state index contributed by atoms with van der Waals surface area (Å²) in [5, 5.41) is 10.3. The van der Waals surface area contributed by atoms with Crippen molar-refractivity contribution in [3.8, 4) is 5.75 Å². The van der Waals surface area contributed by atoms with E-state index < -0.39 is 0 Å². The number of aliphatic hydroxyl groups is 1. The highest BCUT2D eigenvalue weighted by atomic mass is 35.5. The van der Waals surface area contributed by atoms with Crippen LogP contribution in [0.15, 0.2) is 36.4 Å². The van der Waals surface area contributed by atoms with E-state index in [-0.39, 0.29) is 6.61 Å². The number of aryl methyl sites for hydroxylation is 1. The third kappa shape index (κ3) is 3.21. The van der Waals surface area contributed by atoms with Gasteiger partial charge in [0.05, 0.1) is 16.7 Å². The van der Waals surface area contributed by atoms with Crippen LogP contribution in [0.1, 0.15) is 16.7 Å². The van der Waals surface area contributed by atoms with Crippen LogP contribution in [0.5, 0.6) is 5.75 Å². The zero-order chi connectivity index (χ0) is 13.8. The molecule has 2 rings (SSSR count). The molecule has 0 aliphatic rings. The molecule has 0 aromatic heterocycles. The molecule has 0 heterocycles. The summed E-state index contributed by atoms with van der Waals surface area (Å²) < 4.78 is 5.78. The smallest absolute Gasteiger partial charge is 0.128 e. The first-order valence-corrected chi connectivity index (χ1v) is 6.64. The van der Waals surface area contributed by atoms with Crippen molar-refractivity contribution in [2.45, 2.75) is 20.1 Å². The Balaban J connectivity index is 2.21. The van der Waals surface area contributed by atoms with Gasteiger partial charge in [0.15, 0.2) is 0 Å². The van der Waals surface area contributed by atoms with E-state index in [4.69, 9.17) is 27.9 Å². The van der Waals surface area contributed by atoms with Crippen molar-refractivity contribution < 1.29 is 9.84 Å². The first-order valence-electron chi connectivity index (χ1n) is 5.88. The molecular formula is C15H14Cl2O2. The average molecular weight is 297 g/mol. The molecule has 1 N–H and O–H groups in total. The molecule has 2 nitrogen and oxygen atoms in total. The summed E-state index contributed by atoms with van der Waals surface area (Å²) in [5.41, 5.74) is 2.56. The number of halogens is 2. The monoisotopic (exact) mass is 296 g/mol. The largest absolute Gasteiger partial charge is 0.488 e. The molecule has 4 heteroatoms. The molecule has 0 atom stereocenters. The number of rotatable bonds is 4. The van der Waals surface area contributed by atoms with E-state index in [2.05, 4.69) is 0 Å². The Hall–Kier alpha value is -1.22. The molecule has 2 aromatic carbocycles. The lowest BCUT2D eigenvalue weighted by Gasteiger charge is -2.14.